The SMILES string of the molecule is C/C=C\C(=C/C)CCOC(=O)Cc1ccc(O)c(OC)c1. The molecule has 0 saturated carbocycles. The summed E-state index contributed by atoms with van der Waals surface area (Å²) >= 11 is 0. The molecule has 0 aromatic heterocycles. The number of carbonyl (C=O) groups is 1. The molecule has 0 spiro atoms. The highest BCUT2D eigenvalue weighted by Crippen LogP contribution is 2.26. The lowest BCUT2D eigenvalue weighted by molar-refractivity contribution is -0.142. The maximum atomic E-state index is 11.8. The van der Waals surface area contributed by atoms with Crippen LogP contribution in [0.2, 0.25) is 0 Å². The number of carbonyl (C=O) groups excluding carboxylic acids is 1. The summed E-state index contributed by atoms with van der Waals surface area (Å²) in [5.41, 5.74) is 1.88. The summed E-state index contributed by atoms with van der Waals surface area (Å²) in [5, 5.41) is 9.50. The zero-order chi connectivity index (χ0) is 15.7. The summed E-state index contributed by atoms with van der Waals surface area (Å²) in [5.74, 6) is 0.113. The van der Waals surface area contributed by atoms with Crippen molar-refractivity contribution in [1.82, 2.24) is 0 Å². The van der Waals surface area contributed by atoms with Crippen molar-refractivity contribution in [1.29, 1.82) is 0 Å². The zero-order valence-corrected chi connectivity index (χ0v) is 12.8. The van der Waals surface area contributed by atoms with Crippen LogP contribution in [0, 0.1) is 0 Å². The lowest BCUT2D eigenvalue weighted by atomic mass is 10.1. The van der Waals surface area contributed by atoms with Crippen molar-refractivity contribution < 1.29 is 19.4 Å². The van der Waals surface area contributed by atoms with Gasteiger partial charge in [-0.2, -0.15) is 0 Å². The van der Waals surface area contributed by atoms with Gasteiger partial charge in [0.15, 0.2) is 11.5 Å². The molecule has 0 atom stereocenters. The van der Waals surface area contributed by atoms with E-state index in [2.05, 4.69) is 0 Å². The number of phenols is 1. The van der Waals surface area contributed by atoms with Gasteiger partial charge in [0.05, 0.1) is 20.1 Å². The standard InChI is InChI=1S/C17H22O4/c1-4-6-13(5-2)9-10-21-17(19)12-14-7-8-15(18)16(11-14)20-3/h4-8,11,18H,9-10,12H2,1-3H3/b6-4-,13-5+. The number of rotatable bonds is 7. The first kappa shape index (κ1) is 16.8. The van der Waals surface area contributed by atoms with Crippen molar-refractivity contribution in [2.24, 2.45) is 0 Å². The maximum absolute atomic E-state index is 11.8. The molecule has 0 amide bonds. The largest absolute Gasteiger partial charge is 0.504 e. The Balaban J connectivity index is 2.47. The van der Waals surface area contributed by atoms with E-state index in [1.165, 1.54) is 13.2 Å². The summed E-state index contributed by atoms with van der Waals surface area (Å²) in [4.78, 5) is 11.8. The van der Waals surface area contributed by atoms with E-state index in [0.717, 1.165) is 11.1 Å². The monoisotopic (exact) mass is 290 g/mol. The van der Waals surface area contributed by atoms with Crippen molar-refractivity contribution in [2.75, 3.05) is 13.7 Å². The lowest BCUT2D eigenvalue weighted by Gasteiger charge is -2.08. The number of hydrogen-bond donors (Lipinski definition) is 1. The number of ether oxygens (including phenoxy) is 2. The second kappa shape index (κ2) is 8.84. The van der Waals surface area contributed by atoms with Crippen LogP contribution in [0.15, 0.2) is 42.0 Å². The van der Waals surface area contributed by atoms with E-state index in [4.69, 9.17) is 9.47 Å². The van der Waals surface area contributed by atoms with Crippen LogP contribution in [0.25, 0.3) is 0 Å². The van der Waals surface area contributed by atoms with Crippen LogP contribution in [-0.2, 0) is 16.0 Å². The summed E-state index contributed by atoms with van der Waals surface area (Å²) in [6, 6.07) is 4.81. The molecule has 0 aliphatic heterocycles. The first-order valence-corrected chi connectivity index (χ1v) is 6.90. The Kier molecular flexibility index (Phi) is 7.09. The van der Waals surface area contributed by atoms with Crippen molar-refractivity contribution in [3.05, 3.63) is 47.6 Å². The van der Waals surface area contributed by atoms with Crippen molar-refractivity contribution in [3.63, 3.8) is 0 Å². The lowest BCUT2D eigenvalue weighted by Crippen LogP contribution is -2.09. The molecule has 0 radical (unpaired) electrons. The van der Waals surface area contributed by atoms with E-state index in [0.29, 0.717) is 18.8 Å². The third-order valence-electron chi connectivity index (χ3n) is 3.00. The highest BCUT2D eigenvalue weighted by Gasteiger charge is 2.08. The van der Waals surface area contributed by atoms with Gasteiger partial charge in [0, 0.05) is 6.42 Å². The van der Waals surface area contributed by atoms with Crippen LogP contribution in [0.3, 0.4) is 0 Å². The molecular formula is C17H22O4. The topological polar surface area (TPSA) is 55.8 Å². The molecule has 21 heavy (non-hydrogen) atoms. The minimum atomic E-state index is -0.293. The Morgan fingerprint density at radius 2 is 2.10 bits per heavy atom. The average molecular weight is 290 g/mol. The van der Waals surface area contributed by atoms with Crippen LogP contribution in [-0.4, -0.2) is 24.8 Å². The third-order valence-corrected chi connectivity index (χ3v) is 3.00. The van der Waals surface area contributed by atoms with Gasteiger partial charge in [-0.25, -0.2) is 0 Å². The van der Waals surface area contributed by atoms with Gasteiger partial charge in [0.2, 0.25) is 0 Å². The van der Waals surface area contributed by atoms with E-state index in [1.54, 1.807) is 12.1 Å². The molecule has 1 N–H and O–H groups in total. The highest BCUT2D eigenvalue weighted by molar-refractivity contribution is 5.73. The molecule has 1 aromatic rings. The Morgan fingerprint density at radius 3 is 2.71 bits per heavy atom. The predicted octanol–water partition coefficient (Wildman–Crippen LogP) is 3.40. The van der Waals surface area contributed by atoms with Gasteiger partial charge in [-0.1, -0.05) is 24.3 Å². The summed E-state index contributed by atoms with van der Waals surface area (Å²) in [6.45, 7) is 4.27. The highest BCUT2D eigenvalue weighted by atomic mass is 16.5. The zero-order valence-electron chi connectivity index (χ0n) is 12.8. The van der Waals surface area contributed by atoms with Gasteiger partial charge < -0.3 is 14.6 Å². The Labute approximate surface area is 125 Å². The molecule has 4 nitrogen and oxygen atoms in total. The maximum Gasteiger partial charge on any atom is 0.310 e. The van der Waals surface area contributed by atoms with Crippen LogP contribution >= 0.6 is 0 Å². The Hall–Kier alpha value is -2.23. The minimum Gasteiger partial charge on any atom is -0.504 e. The minimum absolute atomic E-state index is 0.0543. The summed E-state index contributed by atoms with van der Waals surface area (Å²) in [7, 11) is 1.47. The van der Waals surface area contributed by atoms with E-state index < -0.39 is 0 Å². The van der Waals surface area contributed by atoms with Crippen LogP contribution < -0.4 is 4.74 Å². The molecule has 4 heteroatoms. The average Bonchev–Trinajstić information content (AvgIpc) is 2.48. The number of esters is 1. The van der Waals surface area contributed by atoms with E-state index >= 15 is 0 Å². The Bertz CT molecular complexity index is 530. The summed E-state index contributed by atoms with van der Waals surface area (Å²) < 4.78 is 10.2. The molecule has 0 aliphatic rings. The normalized spacial score (nSPS) is 11.7. The number of hydrogen-bond acceptors (Lipinski definition) is 4. The fraction of sp³-hybridized carbons (Fsp3) is 0.353. The Morgan fingerprint density at radius 1 is 1.33 bits per heavy atom. The van der Waals surface area contributed by atoms with Gasteiger partial charge in [0.1, 0.15) is 0 Å². The van der Waals surface area contributed by atoms with Crippen LogP contribution in [0.4, 0.5) is 0 Å². The van der Waals surface area contributed by atoms with Crippen LogP contribution in [0.5, 0.6) is 11.5 Å². The van der Waals surface area contributed by atoms with Crippen molar-refractivity contribution >= 4 is 5.97 Å². The molecule has 114 valence electrons. The van der Waals surface area contributed by atoms with Crippen molar-refractivity contribution in [3.8, 4) is 11.5 Å². The smallest absolute Gasteiger partial charge is 0.310 e. The number of benzene rings is 1. The second-order valence-electron chi connectivity index (χ2n) is 4.52. The molecule has 0 heterocycles. The predicted molar refractivity (Wildman–Crippen MR) is 82.5 cm³/mol. The number of methoxy groups -OCH3 is 1. The molecular weight excluding hydrogens is 268 g/mol. The number of allylic oxidation sites excluding steroid dienone is 3. The van der Waals surface area contributed by atoms with E-state index in [9.17, 15) is 9.90 Å². The number of phenolic OH excluding ortho intramolecular Hbond substituents is 1. The summed E-state index contributed by atoms with van der Waals surface area (Å²) in [6.07, 6.45) is 6.81. The first-order valence-electron chi connectivity index (χ1n) is 6.90. The molecule has 0 saturated heterocycles. The van der Waals surface area contributed by atoms with Gasteiger partial charge in [0.25, 0.3) is 0 Å². The molecule has 1 rings (SSSR count). The van der Waals surface area contributed by atoms with E-state index in [-0.39, 0.29) is 18.1 Å². The van der Waals surface area contributed by atoms with Gasteiger partial charge in [-0.15, -0.1) is 0 Å². The number of aromatic hydroxyl groups is 1. The fourth-order valence-electron chi connectivity index (χ4n) is 1.87. The fourth-order valence-corrected chi connectivity index (χ4v) is 1.87. The van der Waals surface area contributed by atoms with Crippen LogP contribution in [0.1, 0.15) is 25.8 Å². The first-order chi connectivity index (χ1) is 10.1. The molecule has 0 fully saturated rings. The van der Waals surface area contributed by atoms with Crippen molar-refractivity contribution in [2.45, 2.75) is 26.7 Å². The van der Waals surface area contributed by atoms with E-state index in [1.807, 2.05) is 32.1 Å². The molecule has 0 bridgehead atoms. The third kappa shape index (κ3) is 5.73. The molecule has 1 aromatic carbocycles. The van der Waals surface area contributed by atoms with Gasteiger partial charge in [-0.3, -0.25) is 4.79 Å². The van der Waals surface area contributed by atoms with Gasteiger partial charge in [-0.05, 0) is 37.1 Å². The van der Waals surface area contributed by atoms with Gasteiger partial charge >= 0.3 is 5.97 Å². The quantitative estimate of drug-likeness (QED) is 0.617. The molecule has 0 unspecified atom stereocenters. The second-order valence-corrected chi connectivity index (χ2v) is 4.52. The molecule has 0 aliphatic carbocycles.